The van der Waals surface area contributed by atoms with Crippen LogP contribution in [0.25, 0.3) is 0 Å². The summed E-state index contributed by atoms with van der Waals surface area (Å²) in [7, 11) is 0. The maximum atomic E-state index is 12.8. The molecule has 1 aromatic carbocycles. The molecule has 0 spiro atoms. The van der Waals surface area contributed by atoms with Crippen LogP contribution in [0, 0.1) is 11.3 Å². The van der Waals surface area contributed by atoms with Crippen molar-refractivity contribution in [2.45, 2.75) is 32.1 Å². The van der Waals surface area contributed by atoms with Gasteiger partial charge in [-0.15, -0.1) is 0 Å². The van der Waals surface area contributed by atoms with E-state index in [0.29, 0.717) is 19.5 Å². The zero-order valence-electron chi connectivity index (χ0n) is 12.1. The van der Waals surface area contributed by atoms with E-state index in [2.05, 4.69) is 12.1 Å². The van der Waals surface area contributed by atoms with Crippen molar-refractivity contribution in [1.82, 2.24) is 4.90 Å². The molecule has 1 atom stereocenters. The van der Waals surface area contributed by atoms with E-state index in [-0.39, 0.29) is 11.3 Å². The Kier molecular flexibility index (Phi) is 3.70. The summed E-state index contributed by atoms with van der Waals surface area (Å²) < 4.78 is 0. The molecular formula is C17H21NO3. The molecule has 21 heavy (non-hydrogen) atoms. The Morgan fingerprint density at radius 3 is 2.57 bits per heavy atom. The van der Waals surface area contributed by atoms with Crippen molar-refractivity contribution in [3.8, 4) is 0 Å². The second kappa shape index (κ2) is 5.51. The van der Waals surface area contributed by atoms with E-state index in [1.54, 1.807) is 4.90 Å². The van der Waals surface area contributed by atoms with Crippen LogP contribution in [-0.4, -0.2) is 35.0 Å². The lowest BCUT2D eigenvalue weighted by Gasteiger charge is -2.33. The van der Waals surface area contributed by atoms with Gasteiger partial charge in [0.05, 0.1) is 11.3 Å². The molecule has 2 fully saturated rings. The van der Waals surface area contributed by atoms with Crippen LogP contribution in [0.5, 0.6) is 0 Å². The fourth-order valence-corrected chi connectivity index (χ4v) is 3.30. The molecule has 4 nitrogen and oxygen atoms in total. The maximum absolute atomic E-state index is 12.8. The van der Waals surface area contributed by atoms with Crippen LogP contribution < -0.4 is 0 Å². The highest BCUT2D eigenvalue weighted by atomic mass is 16.4. The molecule has 112 valence electrons. The number of piperidine rings is 1. The van der Waals surface area contributed by atoms with Crippen LogP contribution in [0.1, 0.15) is 31.2 Å². The minimum Gasteiger partial charge on any atom is -0.481 e. The number of hydrogen-bond donors (Lipinski definition) is 1. The molecule has 1 heterocycles. The van der Waals surface area contributed by atoms with Gasteiger partial charge < -0.3 is 10.0 Å². The van der Waals surface area contributed by atoms with Crippen molar-refractivity contribution in [1.29, 1.82) is 0 Å². The zero-order valence-corrected chi connectivity index (χ0v) is 12.1. The first-order chi connectivity index (χ1) is 10.1. The van der Waals surface area contributed by atoms with Crippen molar-refractivity contribution in [3.05, 3.63) is 35.9 Å². The van der Waals surface area contributed by atoms with Gasteiger partial charge in [0.15, 0.2) is 0 Å². The van der Waals surface area contributed by atoms with Gasteiger partial charge in [-0.2, -0.15) is 0 Å². The summed E-state index contributed by atoms with van der Waals surface area (Å²) >= 11 is 0. The molecule has 4 heteroatoms. The first kappa shape index (κ1) is 14.1. The Balaban J connectivity index is 1.68. The average Bonchev–Trinajstić information content (AvgIpc) is 3.28. The lowest BCUT2D eigenvalue weighted by molar-refractivity contribution is -0.147. The van der Waals surface area contributed by atoms with Crippen LogP contribution in [0.4, 0.5) is 0 Å². The molecule has 1 aromatic rings. The van der Waals surface area contributed by atoms with Gasteiger partial charge in [0, 0.05) is 13.1 Å². The number of aliphatic carboxylic acids is 1. The van der Waals surface area contributed by atoms with E-state index in [0.717, 1.165) is 25.7 Å². The number of hydrogen-bond acceptors (Lipinski definition) is 2. The molecule has 1 amide bonds. The number of carbonyl (C=O) groups is 2. The molecule has 1 saturated carbocycles. The Hall–Kier alpha value is -1.84. The Labute approximate surface area is 124 Å². The van der Waals surface area contributed by atoms with E-state index < -0.39 is 11.9 Å². The third-order valence-corrected chi connectivity index (χ3v) is 4.75. The highest BCUT2D eigenvalue weighted by Gasteiger charge is 2.52. The summed E-state index contributed by atoms with van der Waals surface area (Å²) in [4.78, 5) is 25.7. The number of benzene rings is 1. The summed E-state index contributed by atoms with van der Waals surface area (Å²) in [6.45, 7) is 1.09. The van der Waals surface area contributed by atoms with Crippen molar-refractivity contribution >= 4 is 11.9 Å². The van der Waals surface area contributed by atoms with Crippen LogP contribution in [0.15, 0.2) is 30.3 Å². The van der Waals surface area contributed by atoms with E-state index in [4.69, 9.17) is 5.11 Å². The Morgan fingerprint density at radius 2 is 1.95 bits per heavy atom. The standard InChI is InChI=1S/C17H21NO3/c19-15(20)14-7-4-10-18(12-14)16(21)17(8-9-17)11-13-5-2-1-3-6-13/h1-3,5-6,14H,4,7-12H2,(H,19,20)/t14-/m1/s1. The summed E-state index contributed by atoms with van der Waals surface area (Å²) in [6.07, 6.45) is 4.11. The molecule has 2 aliphatic rings. The van der Waals surface area contributed by atoms with Crippen molar-refractivity contribution in [3.63, 3.8) is 0 Å². The smallest absolute Gasteiger partial charge is 0.308 e. The normalized spacial score (nSPS) is 23.6. The summed E-state index contributed by atoms with van der Waals surface area (Å²) in [6, 6.07) is 10.1. The third-order valence-electron chi connectivity index (χ3n) is 4.75. The number of likely N-dealkylation sites (tertiary alicyclic amines) is 1. The monoisotopic (exact) mass is 287 g/mol. The first-order valence-corrected chi connectivity index (χ1v) is 7.67. The number of carboxylic acid groups (broad SMARTS) is 1. The summed E-state index contributed by atoms with van der Waals surface area (Å²) in [5, 5.41) is 9.15. The van der Waals surface area contributed by atoms with Gasteiger partial charge in [-0.25, -0.2) is 0 Å². The maximum Gasteiger partial charge on any atom is 0.308 e. The topological polar surface area (TPSA) is 57.6 Å². The van der Waals surface area contributed by atoms with Crippen LogP contribution in [0.3, 0.4) is 0 Å². The van der Waals surface area contributed by atoms with Gasteiger partial charge in [-0.1, -0.05) is 30.3 Å². The summed E-state index contributed by atoms with van der Waals surface area (Å²) in [5.41, 5.74) is 0.928. The van der Waals surface area contributed by atoms with Crippen molar-refractivity contribution < 1.29 is 14.7 Å². The quantitative estimate of drug-likeness (QED) is 0.924. The number of nitrogens with zero attached hydrogens (tertiary/aromatic N) is 1. The van der Waals surface area contributed by atoms with Crippen LogP contribution in [0.2, 0.25) is 0 Å². The molecule has 0 aromatic heterocycles. The molecule has 1 N–H and O–H groups in total. The van der Waals surface area contributed by atoms with E-state index >= 15 is 0 Å². The van der Waals surface area contributed by atoms with E-state index in [1.807, 2.05) is 18.2 Å². The number of rotatable bonds is 4. The average molecular weight is 287 g/mol. The molecule has 1 saturated heterocycles. The summed E-state index contributed by atoms with van der Waals surface area (Å²) in [5.74, 6) is -1.01. The number of carbonyl (C=O) groups excluding carboxylic acids is 1. The molecule has 0 bridgehead atoms. The number of carboxylic acids is 1. The fourth-order valence-electron chi connectivity index (χ4n) is 3.30. The number of amides is 1. The van der Waals surface area contributed by atoms with Gasteiger partial charge in [-0.05, 0) is 37.7 Å². The Bertz CT molecular complexity index is 536. The van der Waals surface area contributed by atoms with Crippen LogP contribution >= 0.6 is 0 Å². The largest absolute Gasteiger partial charge is 0.481 e. The Morgan fingerprint density at radius 1 is 1.24 bits per heavy atom. The van der Waals surface area contributed by atoms with Gasteiger partial charge in [0.1, 0.15) is 0 Å². The molecule has 0 unspecified atom stereocenters. The van der Waals surface area contributed by atoms with Gasteiger partial charge >= 0.3 is 5.97 Å². The predicted molar refractivity (Wildman–Crippen MR) is 78.8 cm³/mol. The SMILES string of the molecule is O=C(O)[C@@H]1CCCN(C(=O)C2(Cc3ccccc3)CC2)C1. The second-order valence-corrected chi connectivity index (χ2v) is 6.37. The highest BCUT2D eigenvalue weighted by Crippen LogP contribution is 2.50. The lowest BCUT2D eigenvalue weighted by Crippen LogP contribution is -2.46. The van der Waals surface area contributed by atoms with Crippen molar-refractivity contribution in [2.24, 2.45) is 11.3 Å². The van der Waals surface area contributed by atoms with Crippen LogP contribution in [-0.2, 0) is 16.0 Å². The van der Waals surface area contributed by atoms with E-state index in [1.165, 1.54) is 5.56 Å². The predicted octanol–water partition coefficient (Wildman–Crippen LogP) is 2.33. The second-order valence-electron chi connectivity index (χ2n) is 6.37. The molecular weight excluding hydrogens is 266 g/mol. The van der Waals surface area contributed by atoms with Gasteiger partial charge in [0.2, 0.25) is 5.91 Å². The van der Waals surface area contributed by atoms with Gasteiger partial charge in [0.25, 0.3) is 0 Å². The van der Waals surface area contributed by atoms with E-state index in [9.17, 15) is 9.59 Å². The minimum atomic E-state index is -0.777. The van der Waals surface area contributed by atoms with Gasteiger partial charge in [-0.3, -0.25) is 9.59 Å². The molecule has 1 aliphatic heterocycles. The highest BCUT2D eigenvalue weighted by molar-refractivity contribution is 5.86. The third kappa shape index (κ3) is 2.94. The molecule has 0 radical (unpaired) electrons. The zero-order chi connectivity index (χ0) is 14.9. The van der Waals surface area contributed by atoms with Crippen molar-refractivity contribution in [2.75, 3.05) is 13.1 Å². The fraction of sp³-hybridized carbons (Fsp3) is 0.529. The minimum absolute atomic E-state index is 0.164. The molecule has 1 aliphatic carbocycles. The molecule has 3 rings (SSSR count). The first-order valence-electron chi connectivity index (χ1n) is 7.67. The lowest BCUT2D eigenvalue weighted by atomic mass is 9.92.